The molecular weight excluding hydrogens is 315 g/mol. The van der Waals surface area contributed by atoms with E-state index in [1.165, 1.54) is 19.1 Å². The average molecular weight is 332 g/mol. The highest BCUT2D eigenvalue weighted by atomic mass is 19.1. The lowest BCUT2D eigenvalue weighted by Crippen LogP contribution is -2.36. The molecule has 1 fully saturated rings. The van der Waals surface area contributed by atoms with E-state index in [-0.39, 0.29) is 17.5 Å². The number of rotatable bonds is 4. The number of fused-ring (bicyclic) bond motifs is 2. The van der Waals surface area contributed by atoms with Gasteiger partial charge in [0.25, 0.3) is 0 Å². The topological polar surface area (TPSA) is 95.5 Å². The van der Waals surface area contributed by atoms with Crippen LogP contribution in [0, 0.1) is 29.5 Å². The van der Waals surface area contributed by atoms with Crippen LogP contribution in [0.5, 0.6) is 0 Å². The van der Waals surface area contributed by atoms with E-state index < -0.39 is 35.4 Å². The summed E-state index contributed by atoms with van der Waals surface area (Å²) in [7, 11) is 0. The predicted octanol–water partition coefficient (Wildman–Crippen LogP) is 2.25. The first-order chi connectivity index (χ1) is 11.4. The number of nitrogens with one attached hydrogen (secondary N) is 2. The molecule has 1 saturated carbocycles. The Morgan fingerprint density at radius 2 is 1.79 bits per heavy atom. The highest BCUT2D eigenvalue weighted by molar-refractivity contribution is 5.97. The number of carbonyl (C=O) groups is 3. The summed E-state index contributed by atoms with van der Waals surface area (Å²) in [5.74, 6) is -4.03. The Balaban J connectivity index is 1.79. The maximum absolute atomic E-state index is 13.6. The van der Waals surface area contributed by atoms with E-state index in [9.17, 15) is 23.9 Å². The molecule has 0 radical (unpaired) electrons. The SMILES string of the molecule is CC(=O)Nc1cc(NC(=O)[C@@H]2[C@@H](C(=O)O)[C@H]3C=C[C@H]2C3)ccc1F. The first kappa shape index (κ1) is 16.2. The van der Waals surface area contributed by atoms with Crippen molar-refractivity contribution in [3.63, 3.8) is 0 Å². The smallest absolute Gasteiger partial charge is 0.307 e. The van der Waals surface area contributed by atoms with Gasteiger partial charge in [-0.1, -0.05) is 12.2 Å². The summed E-state index contributed by atoms with van der Waals surface area (Å²) in [6, 6.07) is 3.82. The molecule has 2 amide bonds. The minimum atomic E-state index is -0.981. The maximum Gasteiger partial charge on any atom is 0.307 e. The zero-order chi connectivity index (χ0) is 17.4. The van der Waals surface area contributed by atoms with Gasteiger partial charge in [0.2, 0.25) is 11.8 Å². The maximum atomic E-state index is 13.6. The number of benzene rings is 1. The van der Waals surface area contributed by atoms with Crippen LogP contribution in [-0.2, 0) is 14.4 Å². The van der Waals surface area contributed by atoms with Crippen LogP contribution in [-0.4, -0.2) is 22.9 Å². The van der Waals surface area contributed by atoms with E-state index in [1.807, 2.05) is 12.2 Å². The number of hydrogen-bond donors (Lipinski definition) is 3. The monoisotopic (exact) mass is 332 g/mol. The summed E-state index contributed by atoms with van der Waals surface area (Å²) >= 11 is 0. The molecule has 2 aliphatic rings. The van der Waals surface area contributed by atoms with Crippen molar-refractivity contribution in [2.45, 2.75) is 13.3 Å². The lowest BCUT2D eigenvalue weighted by atomic mass is 9.82. The van der Waals surface area contributed by atoms with Crippen molar-refractivity contribution in [1.29, 1.82) is 0 Å². The van der Waals surface area contributed by atoms with Gasteiger partial charge in [-0.3, -0.25) is 14.4 Å². The van der Waals surface area contributed by atoms with E-state index >= 15 is 0 Å². The molecule has 1 aromatic carbocycles. The van der Waals surface area contributed by atoms with Crippen molar-refractivity contribution < 1.29 is 23.9 Å². The Morgan fingerprint density at radius 1 is 1.12 bits per heavy atom. The highest BCUT2D eigenvalue weighted by Crippen LogP contribution is 2.48. The fourth-order valence-electron chi connectivity index (χ4n) is 3.63. The summed E-state index contributed by atoms with van der Waals surface area (Å²) in [6.45, 7) is 1.25. The van der Waals surface area contributed by atoms with Gasteiger partial charge in [0, 0.05) is 12.6 Å². The van der Waals surface area contributed by atoms with Gasteiger partial charge in [0.05, 0.1) is 17.5 Å². The lowest BCUT2D eigenvalue weighted by Gasteiger charge is -2.24. The van der Waals surface area contributed by atoms with Gasteiger partial charge in [0.15, 0.2) is 0 Å². The molecule has 2 bridgehead atoms. The summed E-state index contributed by atoms with van der Waals surface area (Å²) in [5, 5.41) is 14.4. The molecule has 0 saturated heterocycles. The molecule has 3 N–H and O–H groups in total. The van der Waals surface area contributed by atoms with E-state index in [2.05, 4.69) is 10.6 Å². The molecule has 2 aliphatic carbocycles. The van der Waals surface area contributed by atoms with E-state index in [4.69, 9.17) is 0 Å². The fraction of sp³-hybridized carbons (Fsp3) is 0.353. The van der Waals surface area contributed by atoms with Gasteiger partial charge in [-0.25, -0.2) is 4.39 Å². The molecule has 1 aromatic rings. The zero-order valence-corrected chi connectivity index (χ0v) is 13.0. The van der Waals surface area contributed by atoms with E-state index in [1.54, 1.807) is 0 Å². The standard InChI is InChI=1S/C17H17FN2O4/c1-8(21)19-13-7-11(4-5-12(13)18)20-16(22)14-9-2-3-10(6-9)15(14)17(23)24/h2-5,7,9-10,14-15H,6H2,1H3,(H,19,21)(H,20,22)(H,23,24)/t9-,10-,14-,15-/m0/s1. The largest absolute Gasteiger partial charge is 0.481 e. The number of anilines is 2. The van der Waals surface area contributed by atoms with Crippen molar-refractivity contribution in [3.8, 4) is 0 Å². The first-order valence-electron chi connectivity index (χ1n) is 7.66. The number of aliphatic carboxylic acids is 1. The second-order valence-corrected chi connectivity index (χ2v) is 6.20. The number of allylic oxidation sites excluding steroid dienone is 2. The minimum Gasteiger partial charge on any atom is -0.481 e. The molecule has 3 rings (SSSR count). The number of hydrogen-bond acceptors (Lipinski definition) is 3. The number of carboxylic acid groups (broad SMARTS) is 1. The van der Waals surface area contributed by atoms with Crippen molar-refractivity contribution in [3.05, 3.63) is 36.2 Å². The Bertz CT molecular complexity index is 746. The predicted molar refractivity (Wildman–Crippen MR) is 84.7 cm³/mol. The zero-order valence-electron chi connectivity index (χ0n) is 13.0. The Labute approximate surface area is 137 Å². The van der Waals surface area contributed by atoms with Crippen LogP contribution < -0.4 is 10.6 Å². The van der Waals surface area contributed by atoms with Gasteiger partial charge in [0.1, 0.15) is 5.82 Å². The number of amides is 2. The summed E-state index contributed by atoms with van der Waals surface area (Å²) in [4.78, 5) is 35.1. The van der Waals surface area contributed by atoms with Gasteiger partial charge in [-0.05, 0) is 36.5 Å². The van der Waals surface area contributed by atoms with Crippen LogP contribution in [0.15, 0.2) is 30.4 Å². The summed E-state index contributed by atoms with van der Waals surface area (Å²) in [5.41, 5.74) is 0.268. The molecule has 6 nitrogen and oxygen atoms in total. The van der Waals surface area contributed by atoms with Crippen molar-refractivity contribution >= 4 is 29.2 Å². The molecule has 0 spiro atoms. The highest BCUT2D eigenvalue weighted by Gasteiger charge is 2.51. The van der Waals surface area contributed by atoms with E-state index in [0.717, 1.165) is 6.07 Å². The Kier molecular flexibility index (Phi) is 4.09. The van der Waals surface area contributed by atoms with Crippen LogP contribution in [0.25, 0.3) is 0 Å². The van der Waals surface area contributed by atoms with Crippen LogP contribution in [0.3, 0.4) is 0 Å². The Hall–Kier alpha value is -2.70. The second kappa shape index (κ2) is 6.07. The third-order valence-corrected chi connectivity index (χ3v) is 4.59. The first-order valence-corrected chi connectivity index (χ1v) is 7.66. The number of halogens is 1. The lowest BCUT2D eigenvalue weighted by molar-refractivity contribution is -0.146. The summed E-state index contributed by atoms with van der Waals surface area (Å²) < 4.78 is 13.6. The molecule has 4 atom stereocenters. The molecule has 0 aromatic heterocycles. The second-order valence-electron chi connectivity index (χ2n) is 6.20. The van der Waals surface area contributed by atoms with E-state index in [0.29, 0.717) is 12.1 Å². The fourth-order valence-corrected chi connectivity index (χ4v) is 3.63. The molecule has 24 heavy (non-hydrogen) atoms. The average Bonchev–Trinajstić information content (AvgIpc) is 3.10. The normalized spacial score (nSPS) is 27.1. The summed E-state index contributed by atoms with van der Waals surface area (Å²) in [6.07, 6.45) is 4.41. The molecule has 0 unspecified atom stereocenters. The van der Waals surface area contributed by atoms with Crippen molar-refractivity contribution in [2.24, 2.45) is 23.7 Å². The Morgan fingerprint density at radius 3 is 2.42 bits per heavy atom. The molecule has 0 aliphatic heterocycles. The third kappa shape index (κ3) is 2.89. The molecule has 126 valence electrons. The van der Waals surface area contributed by atoms with Crippen LogP contribution in [0.4, 0.5) is 15.8 Å². The van der Waals surface area contributed by atoms with Crippen LogP contribution in [0.2, 0.25) is 0 Å². The van der Waals surface area contributed by atoms with Crippen molar-refractivity contribution in [1.82, 2.24) is 0 Å². The quantitative estimate of drug-likeness (QED) is 0.737. The number of carboxylic acids is 1. The minimum absolute atomic E-state index is 0.0390. The molecule has 7 heteroatoms. The number of carbonyl (C=O) groups excluding carboxylic acids is 2. The van der Waals surface area contributed by atoms with Gasteiger partial charge < -0.3 is 15.7 Å². The van der Waals surface area contributed by atoms with Crippen LogP contribution in [0.1, 0.15) is 13.3 Å². The third-order valence-electron chi connectivity index (χ3n) is 4.59. The van der Waals surface area contributed by atoms with Crippen molar-refractivity contribution in [2.75, 3.05) is 10.6 Å². The van der Waals surface area contributed by atoms with Gasteiger partial charge in [-0.2, -0.15) is 0 Å². The molecular formula is C17H17FN2O4. The van der Waals surface area contributed by atoms with Gasteiger partial charge >= 0.3 is 5.97 Å². The molecule has 0 heterocycles. The van der Waals surface area contributed by atoms with Gasteiger partial charge in [-0.15, -0.1) is 0 Å². The van der Waals surface area contributed by atoms with Crippen LogP contribution >= 0.6 is 0 Å².